The second-order valence-electron chi connectivity index (χ2n) is 3.63. The van der Waals surface area contributed by atoms with E-state index < -0.39 is 0 Å². The fraction of sp³-hybridized carbons (Fsp3) is 0.600. The molecule has 2 atom stereocenters. The molecule has 0 bridgehead atoms. The molecule has 1 saturated carbocycles. The topological polar surface area (TPSA) is 33.4 Å². The number of rotatable bonds is 1. The van der Waals surface area contributed by atoms with E-state index in [9.17, 15) is 5.11 Å². The normalized spacial score (nSPS) is 29.5. The van der Waals surface area contributed by atoms with Crippen LogP contribution in [0.25, 0.3) is 0 Å². The highest BCUT2D eigenvalue weighted by molar-refractivity contribution is 5.16. The van der Waals surface area contributed by atoms with Crippen LogP contribution >= 0.6 is 0 Å². The predicted octanol–water partition coefficient (Wildman–Crippen LogP) is 2.22. The zero-order valence-corrected chi connectivity index (χ0v) is 7.29. The molecule has 2 nitrogen and oxygen atoms in total. The van der Waals surface area contributed by atoms with Crippen molar-refractivity contribution in [2.75, 3.05) is 0 Å². The number of aryl methyl sites for hydroxylation is 1. The summed E-state index contributed by atoms with van der Waals surface area (Å²) in [4.78, 5) is 0. The molecule has 0 unspecified atom stereocenters. The Kier molecular flexibility index (Phi) is 1.93. The molecular formula is C10H14O2. The maximum atomic E-state index is 9.59. The van der Waals surface area contributed by atoms with Crippen LogP contribution in [-0.2, 0) is 0 Å². The summed E-state index contributed by atoms with van der Waals surface area (Å²) in [5, 5.41) is 9.59. The largest absolute Gasteiger partial charge is 0.469 e. The lowest BCUT2D eigenvalue weighted by atomic mass is 10.0. The fourth-order valence-electron chi connectivity index (χ4n) is 1.92. The van der Waals surface area contributed by atoms with Crippen molar-refractivity contribution in [2.45, 2.75) is 38.2 Å². The minimum absolute atomic E-state index is 0.185. The molecule has 0 amide bonds. The second kappa shape index (κ2) is 2.94. The van der Waals surface area contributed by atoms with Crippen molar-refractivity contribution >= 4 is 0 Å². The van der Waals surface area contributed by atoms with Gasteiger partial charge in [-0.05, 0) is 31.4 Å². The van der Waals surface area contributed by atoms with Gasteiger partial charge >= 0.3 is 0 Å². The Balaban J connectivity index is 2.19. The van der Waals surface area contributed by atoms with E-state index in [1.54, 1.807) is 6.26 Å². The Labute approximate surface area is 72.2 Å². The third kappa shape index (κ3) is 1.27. The zero-order chi connectivity index (χ0) is 8.55. The lowest BCUT2D eigenvalue weighted by Gasteiger charge is -2.10. The number of hydrogen-bond acceptors (Lipinski definition) is 2. The number of aliphatic hydroxyl groups is 1. The first-order valence-electron chi connectivity index (χ1n) is 4.50. The van der Waals surface area contributed by atoms with Crippen molar-refractivity contribution in [3.8, 4) is 0 Å². The lowest BCUT2D eigenvalue weighted by molar-refractivity contribution is 0.154. The van der Waals surface area contributed by atoms with Gasteiger partial charge < -0.3 is 9.52 Å². The van der Waals surface area contributed by atoms with Crippen molar-refractivity contribution in [1.29, 1.82) is 0 Å². The molecule has 0 aromatic carbocycles. The van der Waals surface area contributed by atoms with E-state index in [-0.39, 0.29) is 12.0 Å². The zero-order valence-electron chi connectivity index (χ0n) is 7.29. The van der Waals surface area contributed by atoms with Gasteiger partial charge in [-0.3, -0.25) is 0 Å². The van der Waals surface area contributed by atoms with Crippen molar-refractivity contribution < 1.29 is 9.52 Å². The highest BCUT2D eigenvalue weighted by Crippen LogP contribution is 2.35. The number of aliphatic hydroxyl groups excluding tert-OH is 1. The Morgan fingerprint density at radius 2 is 2.33 bits per heavy atom. The van der Waals surface area contributed by atoms with Crippen molar-refractivity contribution in [3.63, 3.8) is 0 Å². The molecule has 1 aromatic heterocycles. The van der Waals surface area contributed by atoms with Gasteiger partial charge in [0.05, 0.1) is 12.4 Å². The summed E-state index contributed by atoms with van der Waals surface area (Å²) < 4.78 is 5.36. The van der Waals surface area contributed by atoms with Gasteiger partial charge in [0.25, 0.3) is 0 Å². The molecule has 2 rings (SSSR count). The van der Waals surface area contributed by atoms with Crippen molar-refractivity contribution in [1.82, 2.24) is 0 Å². The summed E-state index contributed by atoms with van der Waals surface area (Å²) in [6.45, 7) is 2.01. The second-order valence-corrected chi connectivity index (χ2v) is 3.63. The van der Waals surface area contributed by atoms with Crippen molar-refractivity contribution in [2.24, 2.45) is 0 Å². The summed E-state index contributed by atoms with van der Waals surface area (Å²) in [5.41, 5.74) is 1.14. The van der Waals surface area contributed by atoms with Gasteiger partial charge in [0.15, 0.2) is 0 Å². The minimum Gasteiger partial charge on any atom is -0.469 e. The number of hydrogen-bond donors (Lipinski definition) is 1. The first-order chi connectivity index (χ1) is 5.77. The maximum Gasteiger partial charge on any atom is 0.109 e. The van der Waals surface area contributed by atoms with Crippen LogP contribution in [0.4, 0.5) is 0 Å². The molecule has 2 heteroatoms. The highest BCUT2D eigenvalue weighted by atomic mass is 16.3. The van der Waals surface area contributed by atoms with Crippen LogP contribution in [-0.4, -0.2) is 11.2 Å². The summed E-state index contributed by atoms with van der Waals surface area (Å²) >= 11 is 0. The van der Waals surface area contributed by atoms with Crippen LogP contribution in [0.15, 0.2) is 16.7 Å². The van der Waals surface area contributed by atoms with Gasteiger partial charge in [-0.15, -0.1) is 0 Å². The van der Waals surface area contributed by atoms with E-state index in [0.717, 1.165) is 30.6 Å². The lowest BCUT2D eigenvalue weighted by Crippen LogP contribution is -2.09. The summed E-state index contributed by atoms with van der Waals surface area (Å²) in [6, 6.07) is 2.03. The molecular weight excluding hydrogens is 152 g/mol. The van der Waals surface area contributed by atoms with Crippen LogP contribution in [0.2, 0.25) is 0 Å². The molecule has 12 heavy (non-hydrogen) atoms. The molecule has 1 aliphatic rings. The van der Waals surface area contributed by atoms with Gasteiger partial charge in [-0.2, -0.15) is 0 Å². The van der Waals surface area contributed by atoms with E-state index in [2.05, 4.69) is 0 Å². The van der Waals surface area contributed by atoms with Gasteiger partial charge in [-0.1, -0.05) is 6.42 Å². The van der Waals surface area contributed by atoms with E-state index in [1.165, 1.54) is 0 Å². The number of furan rings is 1. The van der Waals surface area contributed by atoms with Crippen molar-refractivity contribution in [3.05, 3.63) is 23.7 Å². The first kappa shape index (κ1) is 7.87. The average Bonchev–Trinajstić information content (AvgIpc) is 2.58. The third-order valence-corrected chi connectivity index (χ3v) is 2.60. The van der Waals surface area contributed by atoms with Crippen LogP contribution in [0, 0.1) is 6.92 Å². The van der Waals surface area contributed by atoms with Crippen LogP contribution in [0.3, 0.4) is 0 Å². The van der Waals surface area contributed by atoms with Gasteiger partial charge in [0.2, 0.25) is 0 Å². The smallest absolute Gasteiger partial charge is 0.109 e. The van der Waals surface area contributed by atoms with Gasteiger partial charge in [0.1, 0.15) is 5.76 Å². The summed E-state index contributed by atoms with van der Waals surface area (Å²) in [5.74, 6) is 1.20. The first-order valence-corrected chi connectivity index (χ1v) is 4.50. The Morgan fingerprint density at radius 3 is 2.83 bits per heavy atom. The minimum atomic E-state index is -0.185. The summed E-state index contributed by atoms with van der Waals surface area (Å²) in [6.07, 6.45) is 4.67. The molecule has 66 valence electrons. The molecule has 0 saturated heterocycles. The molecule has 1 N–H and O–H groups in total. The Bertz CT molecular complexity index is 265. The molecule has 1 heterocycles. The standard InChI is InChI=1S/C10H14O2/c1-7-5-10(12-6-7)8-3-2-4-9(8)11/h5-6,8-9,11H,2-4H2,1H3/t8-,9-/m1/s1. The van der Waals surface area contributed by atoms with Gasteiger partial charge in [-0.25, -0.2) is 0 Å². The molecule has 0 radical (unpaired) electrons. The Hall–Kier alpha value is -0.760. The van der Waals surface area contributed by atoms with Crippen LogP contribution in [0.5, 0.6) is 0 Å². The van der Waals surface area contributed by atoms with E-state index >= 15 is 0 Å². The van der Waals surface area contributed by atoms with Crippen LogP contribution in [0.1, 0.15) is 36.5 Å². The molecule has 1 aromatic rings. The van der Waals surface area contributed by atoms with E-state index in [4.69, 9.17) is 4.42 Å². The monoisotopic (exact) mass is 166 g/mol. The Morgan fingerprint density at radius 1 is 1.50 bits per heavy atom. The summed E-state index contributed by atoms with van der Waals surface area (Å²) in [7, 11) is 0. The average molecular weight is 166 g/mol. The van der Waals surface area contributed by atoms with Crippen LogP contribution < -0.4 is 0 Å². The maximum absolute atomic E-state index is 9.59. The van der Waals surface area contributed by atoms with E-state index in [0.29, 0.717) is 0 Å². The quantitative estimate of drug-likeness (QED) is 0.694. The van der Waals surface area contributed by atoms with E-state index in [1.807, 2.05) is 13.0 Å². The fourth-order valence-corrected chi connectivity index (χ4v) is 1.92. The third-order valence-electron chi connectivity index (χ3n) is 2.60. The molecule has 0 spiro atoms. The van der Waals surface area contributed by atoms with Gasteiger partial charge in [0, 0.05) is 5.92 Å². The molecule has 1 aliphatic carbocycles. The SMILES string of the molecule is Cc1coc([C@@H]2CCC[C@H]2O)c1. The predicted molar refractivity (Wildman–Crippen MR) is 46.0 cm³/mol. The molecule has 1 fully saturated rings. The highest BCUT2D eigenvalue weighted by Gasteiger charge is 2.28. The molecule has 0 aliphatic heterocycles.